The summed E-state index contributed by atoms with van der Waals surface area (Å²) in [6, 6.07) is 5.16. The summed E-state index contributed by atoms with van der Waals surface area (Å²) >= 11 is 0. The standard InChI is InChI=1S/C13H14F3NO3/c1-12(2,13(14,15)16)7-10(18)17-9-5-3-8(4-6-9)11(19)20/h3-6H,7H2,1-2H3,(H,17,18)(H,19,20). The molecule has 0 aliphatic rings. The molecule has 0 bridgehead atoms. The van der Waals surface area contributed by atoms with E-state index in [-0.39, 0.29) is 11.3 Å². The fourth-order valence-electron chi connectivity index (χ4n) is 1.40. The van der Waals surface area contributed by atoms with Crippen LogP contribution >= 0.6 is 0 Å². The van der Waals surface area contributed by atoms with Gasteiger partial charge in [0.2, 0.25) is 5.91 Å². The van der Waals surface area contributed by atoms with Gasteiger partial charge in [0.15, 0.2) is 0 Å². The van der Waals surface area contributed by atoms with Crippen molar-refractivity contribution < 1.29 is 27.9 Å². The normalized spacial score (nSPS) is 12.1. The van der Waals surface area contributed by atoms with Gasteiger partial charge in [0.25, 0.3) is 0 Å². The Labute approximate surface area is 113 Å². The lowest BCUT2D eigenvalue weighted by Gasteiger charge is -2.26. The summed E-state index contributed by atoms with van der Waals surface area (Å²) < 4.78 is 37.9. The molecule has 0 aliphatic carbocycles. The zero-order chi connectivity index (χ0) is 15.6. The van der Waals surface area contributed by atoms with Crippen molar-refractivity contribution in [2.75, 3.05) is 5.32 Å². The number of halogens is 3. The number of hydrogen-bond donors (Lipinski definition) is 2. The lowest BCUT2D eigenvalue weighted by molar-refractivity contribution is -0.213. The zero-order valence-electron chi connectivity index (χ0n) is 10.9. The van der Waals surface area contributed by atoms with E-state index in [0.29, 0.717) is 0 Å². The fraction of sp³-hybridized carbons (Fsp3) is 0.385. The molecule has 4 nitrogen and oxygen atoms in total. The zero-order valence-corrected chi connectivity index (χ0v) is 10.9. The highest BCUT2D eigenvalue weighted by Gasteiger charge is 2.48. The summed E-state index contributed by atoms with van der Waals surface area (Å²) in [7, 11) is 0. The minimum atomic E-state index is -4.47. The molecule has 0 unspecified atom stereocenters. The number of carboxylic acid groups (broad SMARTS) is 1. The predicted molar refractivity (Wildman–Crippen MR) is 66.5 cm³/mol. The fourth-order valence-corrected chi connectivity index (χ4v) is 1.40. The van der Waals surface area contributed by atoms with Crippen molar-refractivity contribution in [1.29, 1.82) is 0 Å². The van der Waals surface area contributed by atoms with E-state index in [4.69, 9.17) is 5.11 Å². The van der Waals surface area contributed by atoms with E-state index < -0.39 is 29.9 Å². The van der Waals surface area contributed by atoms with Gasteiger partial charge in [-0.05, 0) is 24.3 Å². The van der Waals surface area contributed by atoms with Crippen LogP contribution in [0.5, 0.6) is 0 Å². The molecule has 0 saturated carbocycles. The molecule has 0 aromatic heterocycles. The molecule has 0 spiro atoms. The highest BCUT2D eigenvalue weighted by Crippen LogP contribution is 2.40. The van der Waals surface area contributed by atoms with Crippen molar-refractivity contribution in [3.63, 3.8) is 0 Å². The number of aromatic carboxylic acids is 1. The number of nitrogens with one attached hydrogen (secondary N) is 1. The Morgan fingerprint density at radius 1 is 1.15 bits per heavy atom. The highest BCUT2D eigenvalue weighted by atomic mass is 19.4. The van der Waals surface area contributed by atoms with Gasteiger partial charge in [0.05, 0.1) is 11.0 Å². The first kappa shape index (κ1) is 16.0. The third-order valence-corrected chi connectivity index (χ3v) is 2.79. The van der Waals surface area contributed by atoms with Gasteiger partial charge >= 0.3 is 12.1 Å². The second-order valence-electron chi connectivity index (χ2n) is 4.99. The molecule has 110 valence electrons. The monoisotopic (exact) mass is 289 g/mol. The minimum absolute atomic E-state index is 0.0265. The van der Waals surface area contributed by atoms with E-state index in [1.165, 1.54) is 24.3 Å². The number of rotatable bonds is 4. The maximum absolute atomic E-state index is 12.6. The summed E-state index contributed by atoms with van der Waals surface area (Å²) in [4.78, 5) is 22.2. The Hall–Kier alpha value is -2.05. The van der Waals surface area contributed by atoms with E-state index >= 15 is 0 Å². The molecule has 0 saturated heterocycles. The molecule has 1 aromatic carbocycles. The van der Waals surface area contributed by atoms with Crippen LogP contribution in [0.15, 0.2) is 24.3 Å². The Balaban J connectivity index is 2.70. The molecule has 7 heteroatoms. The second kappa shape index (κ2) is 5.52. The predicted octanol–water partition coefficient (Wildman–Crippen LogP) is 3.30. The number of anilines is 1. The topological polar surface area (TPSA) is 66.4 Å². The maximum atomic E-state index is 12.6. The Morgan fingerprint density at radius 2 is 1.65 bits per heavy atom. The van der Waals surface area contributed by atoms with E-state index in [9.17, 15) is 22.8 Å². The van der Waals surface area contributed by atoms with Crippen LogP contribution in [-0.2, 0) is 4.79 Å². The number of benzene rings is 1. The molecule has 0 heterocycles. The van der Waals surface area contributed by atoms with Crippen LogP contribution in [0.3, 0.4) is 0 Å². The van der Waals surface area contributed by atoms with Gasteiger partial charge in [-0.2, -0.15) is 13.2 Å². The first-order valence-corrected chi connectivity index (χ1v) is 5.73. The maximum Gasteiger partial charge on any atom is 0.394 e. The number of amides is 1. The number of carbonyl (C=O) groups excluding carboxylic acids is 1. The molecular formula is C13H14F3NO3. The van der Waals surface area contributed by atoms with E-state index in [0.717, 1.165) is 13.8 Å². The molecule has 0 radical (unpaired) electrons. The van der Waals surface area contributed by atoms with Crippen molar-refractivity contribution in [3.8, 4) is 0 Å². The largest absolute Gasteiger partial charge is 0.478 e. The third kappa shape index (κ3) is 3.97. The number of alkyl halides is 3. The summed E-state index contributed by atoms with van der Waals surface area (Å²) in [5.74, 6) is -1.91. The van der Waals surface area contributed by atoms with Crippen molar-refractivity contribution in [2.45, 2.75) is 26.4 Å². The van der Waals surface area contributed by atoms with Gasteiger partial charge in [-0.25, -0.2) is 4.79 Å². The summed E-state index contributed by atoms with van der Waals surface area (Å²) in [6.07, 6.45) is -5.19. The minimum Gasteiger partial charge on any atom is -0.478 e. The summed E-state index contributed by atoms with van der Waals surface area (Å²) in [6.45, 7) is 1.89. The first-order chi connectivity index (χ1) is 9.03. The van der Waals surface area contributed by atoms with Crippen LogP contribution in [0.1, 0.15) is 30.6 Å². The van der Waals surface area contributed by atoms with Gasteiger partial charge in [0.1, 0.15) is 0 Å². The van der Waals surface area contributed by atoms with Crippen molar-refractivity contribution in [3.05, 3.63) is 29.8 Å². The lowest BCUT2D eigenvalue weighted by atomic mass is 9.88. The molecule has 1 rings (SSSR count). The lowest BCUT2D eigenvalue weighted by Crippen LogP contribution is -2.35. The molecule has 1 aromatic rings. The van der Waals surface area contributed by atoms with Crippen LogP contribution in [0.2, 0.25) is 0 Å². The van der Waals surface area contributed by atoms with E-state index in [1.54, 1.807) is 0 Å². The molecule has 0 fully saturated rings. The van der Waals surface area contributed by atoms with Gasteiger partial charge < -0.3 is 10.4 Å². The van der Waals surface area contributed by atoms with Crippen LogP contribution in [0.4, 0.5) is 18.9 Å². The Kier molecular flexibility index (Phi) is 4.42. The van der Waals surface area contributed by atoms with Gasteiger partial charge in [0, 0.05) is 12.1 Å². The number of hydrogen-bond acceptors (Lipinski definition) is 2. The van der Waals surface area contributed by atoms with E-state index in [2.05, 4.69) is 5.32 Å². The molecule has 1 amide bonds. The molecular weight excluding hydrogens is 275 g/mol. The molecule has 0 atom stereocenters. The smallest absolute Gasteiger partial charge is 0.394 e. The summed E-state index contributed by atoms with van der Waals surface area (Å²) in [5.41, 5.74) is -1.85. The van der Waals surface area contributed by atoms with Crippen molar-refractivity contribution in [1.82, 2.24) is 0 Å². The average Bonchev–Trinajstić information content (AvgIpc) is 2.27. The Bertz CT molecular complexity index is 507. The van der Waals surface area contributed by atoms with E-state index in [1.807, 2.05) is 0 Å². The SMILES string of the molecule is CC(C)(CC(=O)Nc1ccc(C(=O)O)cc1)C(F)(F)F. The quantitative estimate of drug-likeness (QED) is 0.893. The van der Waals surface area contributed by atoms with Crippen molar-refractivity contribution >= 4 is 17.6 Å². The first-order valence-electron chi connectivity index (χ1n) is 5.73. The van der Waals surface area contributed by atoms with Crippen LogP contribution in [0, 0.1) is 5.41 Å². The Morgan fingerprint density at radius 3 is 2.05 bits per heavy atom. The van der Waals surface area contributed by atoms with Gasteiger partial charge in [-0.3, -0.25) is 4.79 Å². The van der Waals surface area contributed by atoms with Crippen LogP contribution in [0.25, 0.3) is 0 Å². The number of carbonyl (C=O) groups is 2. The second-order valence-corrected chi connectivity index (χ2v) is 4.99. The van der Waals surface area contributed by atoms with Crippen LogP contribution < -0.4 is 5.32 Å². The summed E-state index contributed by atoms with van der Waals surface area (Å²) in [5, 5.41) is 11.0. The average molecular weight is 289 g/mol. The van der Waals surface area contributed by atoms with Gasteiger partial charge in [-0.15, -0.1) is 0 Å². The molecule has 20 heavy (non-hydrogen) atoms. The molecule has 2 N–H and O–H groups in total. The van der Waals surface area contributed by atoms with Crippen LogP contribution in [-0.4, -0.2) is 23.2 Å². The van der Waals surface area contributed by atoms with Crippen molar-refractivity contribution in [2.24, 2.45) is 5.41 Å². The number of carboxylic acids is 1. The highest BCUT2D eigenvalue weighted by molar-refractivity contribution is 5.92. The molecule has 0 aliphatic heterocycles. The third-order valence-electron chi connectivity index (χ3n) is 2.79. The van der Waals surface area contributed by atoms with Gasteiger partial charge in [-0.1, -0.05) is 13.8 Å².